The number of benzene rings is 1. The first-order valence-corrected chi connectivity index (χ1v) is 7.11. The lowest BCUT2D eigenvalue weighted by Gasteiger charge is -2.37. The van der Waals surface area contributed by atoms with Crippen molar-refractivity contribution in [1.29, 1.82) is 0 Å². The number of likely N-dealkylation sites (N-methyl/N-ethyl adjacent to an activating group) is 1. The van der Waals surface area contributed by atoms with Crippen molar-refractivity contribution in [3.8, 4) is 0 Å². The van der Waals surface area contributed by atoms with Crippen molar-refractivity contribution >= 4 is 17.0 Å². The lowest BCUT2D eigenvalue weighted by Crippen LogP contribution is -2.45. The molecule has 1 fully saturated rings. The molecule has 108 valence electrons. The minimum absolute atomic E-state index is 0.135. The Labute approximate surface area is 118 Å². The van der Waals surface area contributed by atoms with Crippen LogP contribution in [0.3, 0.4) is 0 Å². The van der Waals surface area contributed by atoms with Gasteiger partial charge in [-0.2, -0.15) is 0 Å². The molecule has 0 bridgehead atoms. The van der Waals surface area contributed by atoms with Crippen LogP contribution in [0.2, 0.25) is 0 Å². The minimum Gasteiger partial charge on any atom is -0.369 e. The van der Waals surface area contributed by atoms with Crippen LogP contribution in [0.4, 0.5) is 10.3 Å². The number of nitrogens with two attached hydrogens (primary N) is 1. The normalized spacial score (nSPS) is 18.2. The zero-order valence-electron chi connectivity index (χ0n) is 12.1. The second-order valence-electron chi connectivity index (χ2n) is 6.02. The lowest BCUT2D eigenvalue weighted by atomic mass is 9.96. The predicted octanol–water partition coefficient (Wildman–Crippen LogP) is 2.63. The fourth-order valence-electron chi connectivity index (χ4n) is 3.36. The molecular weight excluding hydrogens is 255 g/mol. The zero-order chi connectivity index (χ0) is 14.3. The summed E-state index contributed by atoms with van der Waals surface area (Å²) in [5, 5.41) is 0. The maximum atomic E-state index is 13.3. The first-order valence-electron chi connectivity index (χ1n) is 7.11. The molecule has 0 aliphatic heterocycles. The smallest absolute Gasteiger partial charge is 0.201 e. The van der Waals surface area contributed by atoms with E-state index in [2.05, 4.69) is 24.0 Å². The number of nitrogen functional groups attached to an aromatic ring is 1. The zero-order valence-corrected chi connectivity index (χ0v) is 12.1. The highest BCUT2D eigenvalue weighted by Gasteiger charge is 2.37. The molecule has 1 aromatic heterocycles. The van der Waals surface area contributed by atoms with E-state index < -0.39 is 0 Å². The molecule has 5 heteroatoms. The number of hydrogen-bond acceptors (Lipinski definition) is 3. The fourth-order valence-corrected chi connectivity index (χ4v) is 3.36. The molecule has 2 aromatic rings. The Morgan fingerprint density at radius 1 is 1.35 bits per heavy atom. The molecule has 1 aliphatic rings. The van der Waals surface area contributed by atoms with Gasteiger partial charge in [-0.15, -0.1) is 0 Å². The van der Waals surface area contributed by atoms with Crippen LogP contribution in [-0.2, 0) is 6.54 Å². The van der Waals surface area contributed by atoms with Crippen molar-refractivity contribution < 1.29 is 4.39 Å². The van der Waals surface area contributed by atoms with E-state index in [-0.39, 0.29) is 11.4 Å². The monoisotopic (exact) mass is 276 g/mol. The summed E-state index contributed by atoms with van der Waals surface area (Å²) in [6, 6.07) is 4.68. The van der Waals surface area contributed by atoms with Gasteiger partial charge in [0.1, 0.15) is 5.82 Å². The summed E-state index contributed by atoms with van der Waals surface area (Å²) in [6.07, 6.45) is 4.83. The molecule has 1 saturated carbocycles. The van der Waals surface area contributed by atoms with Gasteiger partial charge in [-0.3, -0.25) is 0 Å². The van der Waals surface area contributed by atoms with E-state index in [1.165, 1.54) is 37.8 Å². The first-order chi connectivity index (χ1) is 9.52. The van der Waals surface area contributed by atoms with Crippen molar-refractivity contribution in [3.05, 3.63) is 24.0 Å². The average Bonchev–Trinajstić information content (AvgIpc) is 2.96. The van der Waals surface area contributed by atoms with E-state index in [0.717, 1.165) is 12.1 Å². The van der Waals surface area contributed by atoms with Crippen LogP contribution < -0.4 is 5.73 Å². The van der Waals surface area contributed by atoms with E-state index in [9.17, 15) is 4.39 Å². The topological polar surface area (TPSA) is 47.1 Å². The number of aromatic nitrogens is 2. The molecule has 2 N–H and O–H groups in total. The number of nitrogens with zero attached hydrogens (tertiary/aromatic N) is 3. The lowest BCUT2D eigenvalue weighted by molar-refractivity contribution is 0.136. The third-order valence-electron chi connectivity index (χ3n) is 4.68. The van der Waals surface area contributed by atoms with Crippen LogP contribution in [0.5, 0.6) is 0 Å². The maximum Gasteiger partial charge on any atom is 0.201 e. The Morgan fingerprint density at radius 3 is 2.70 bits per heavy atom. The van der Waals surface area contributed by atoms with Gasteiger partial charge in [-0.25, -0.2) is 9.37 Å². The van der Waals surface area contributed by atoms with Crippen molar-refractivity contribution in [2.45, 2.75) is 37.8 Å². The largest absolute Gasteiger partial charge is 0.369 e. The summed E-state index contributed by atoms with van der Waals surface area (Å²) in [7, 11) is 4.25. The molecule has 20 heavy (non-hydrogen) atoms. The molecular formula is C15H21FN4. The predicted molar refractivity (Wildman–Crippen MR) is 79.0 cm³/mol. The molecule has 1 heterocycles. The molecule has 4 nitrogen and oxygen atoms in total. The summed E-state index contributed by atoms with van der Waals surface area (Å²) >= 11 is 0. The van der Waals surface area contributed by atoms with Gasteiger partial charge >= 0.3 is 0 Å². The maximum absolute atomic E-state index is 13.3. The molecule has 3 rings (SSSR count). The van der Waals surface area contributed by atoms with Crippen molar-refractivity contribution in [2.24, 2.45) is 0 Å². The van der Waals surface area contributed by atoms with E-state index in [1.54, 1.807) is 6.07 Å². The Balaban J connectivity index is 2.04. The van der Waals surface area contributed by atoms with Gasteiger partial charge in [-0.05, 0) is 39.1 Å². The Bertz CT molecular complexity index is 626. The van der Waals surface area contributed by atoms with Gasteiger partial charge in [-0.1, -0.05) is 12.8 Å². The molecule has 0 saturated heterocycles. The number of imidazole rings is 1. The van der Waals surface area contributed by atoms with Gasteiger partial charge < -0.3 is 15.2 Å². The molecule has 0 radical (unpaired) electrons. The number of halogens is 1. The summed E-state index contributed by atoms with van der Waals surface area (Å²) in [5.74, 6) is 0.198. The third-order valence-corrected chi connectivity index (χ3v) is 4.68. The fraction of sp³-hybridized carbons (Fsp3) is 0.533. The van der Waals surface area contributed by atoms with Crippen LogP contribution in [0.25, 0.3) is 11.0 Å². The average molecular weight is 276 g/mol. The second kappa shape index (κ2) is 4.74. The van der Waals surface area contributed by atoms with Gasteiger partial charge in [0.25, 0.3) is 0 Å². The standard InChI is InChI=1S/C15H21FN4/c1-19(2)15(7-3-4-8-15)10-20-13-6-5-11(16)9-12(13)18-14(20)17/h5-6,9H,3-4,7-8,10H2,1-2H3,(H2,17,18). The highest BCUT2D eigenvalue weighted by molar-refractivity contribution is 5.78. The Kier molecular flexibility index (Phi) is 3.17. The van der Waals surface area contributed by atoms with Crippen LogP contribution in [0.15, 0.2) is 18.2 Å². The summed E-state index contributed by atoms with van der Waals surface area (Å²) in [4.78, 5) is 6.59. The molecule has 1 aromatic carbocycles. The molecule has 0 unspecified atom stereocenters. The van der Waals surface area contributed by atoms with Gasteiger partial charge in [0.05, 0.1) is 11.0 Å². The number of hydrogen-bond donors (Lipinski definition) is 1. The van der Waals surface area contributed by atoms with Crippen molar-refractivity contribution in [1.82, 2.24) is 14.5 Å². The quantitative estimate of drug-likeness (QED) is 0.937. The van der Waals surface area contributed by atoms with Crippen LogP contribution in [0.1, 0.15) is 25.7 Å². The minimum atomic E-state index is -0.273. The summed E-state index contributed by atoms with van der Waals surface area (Å²) in [6.45, 7) is 0.813. The van der Waals surface area contributed by atoms with Gasteiger partial charge in [0, 0.05) is 18.2 Å². The third kappa shape index (κ3) is 2.06. The van der Waals surface area contributed by atoms with Gasteiger partial charge in [0.2, 0.25) is 5.95 Å². The van der Waals surface area contributed by atoms with E-state index in [4.69, 9.17) is 5.73 Å². The second-order valence-corrected chi connectivity index (χ2v) is 6.02. The Hall–Kier alpha value is -1.62. The van der Waals surface area contributed by atoms with Crippen molar-refractivity contribution in [2.75, 3.05) is 19.8 Å². The van der Waals surface area contributed by atoms with E-state index in [0.29, 0.717) is 11.5 Å². The van der Waals surface area contributed by atoms with Crippen LogP contribution in [0, 0.1) is 5.82 Å². The van der Waals surface area contributed by atoms with Gasteiger partial charge in [0.15, 0.2) is 0 Å². The highest BCUT2D eigenvalue weighted by atomic mass is 19.1. The van der Waals surface area contributed by atoms with Crippen LogP contribution >= 0.6 is 0 Å². The number of anilines is 1. The molecule has 0 amide bonds. The van der Waals surface area contributed by atoms with Crippen molar-refractivity contribution in [3.63, 3.8) is 0 Å². The first kappa shape index (κ1) is 13.4. The molecule has 1 aliphatic carbocycles. The van der Waals surface area contributed by atoms with Crippen LogP contribution in [-0.4, -0.2) is 34.1 Å². The summed E-state index contributed by atoms with van der Waals surface area (Å²) < 4.78 is 15.3. The van der Waals surface area contributed by atoms with E-state index in [1.807, 2.05) is 4.57 Å². The molecule has 0 atom stereocenters. The Morgan fingerprint density at radius 2 is 2.05 bits per heavy atom. The number of rotatable bonds is 3. The summed E-state index contributed by atoms with van der Waals surface area (Å²) in [5.41, 5.74) is 7.73. The highest BCUT2D eigenvalue weighted by Crippen LogP contribution is 2.36. The molecule has 0 spiro atoms. The van der Waals surface area contributed by atoms with E-state index >= 15 is 0 Å². The SMILES string of the molecule is CN(C)C1(Cn2c(N)nc3cc(F)ccc32)CCCC1. The number of fused-ring (bicyclic) bond motifs is 1.